The average Bonchev–Trinajstić information content (AvgIpc) is 3.02. The summed E-state index contributed by atoms with van der Waals surface area (Å²) in [5.74, 6) is -0.323. The highest BCUT2D eigenvalue weighted by atomic mass is 35.5. The number of nitrogens with zero attached hydrogens (tertiary/aromatic N) is 1. The van der Waals surface area contributed by atoms with E-state index in [9.17, 15) is 19.4 Å². The van der Waals surface area contributed by atoms with Gasteiger partial charge in [-0.3, -0.25) is 4.79 Å². The molecule has 0 unspecified atom stereocenters. The van der Waals surface area contributed by atoms with Gasteiger partial charge >= 0.3 is 0 Å². The summed E-state index contributed by atoms with van der Waals surface area (Å²) in [5.41, 5.74) is 3.84. The molecule has 0 aliphatic heterocycles. The summed E-state index contributed by atoms with van der Waals surface area (Å²) in [5, 5.41) is 20.0. The lowest BCUT2D eigenvalue weighted by Gasteiger charge is -2.13. The third kappa shape index (κ3) is 6.89. The van der Waals surface area contributed by atoms with Crippen molar-refractivity contribution in [2.75, 3.05) is 0 Å². The van der Waals surface area contributed by atoms with E-state index in [1.165, 1.54) is 12.1 Å². The van der Waals surface area contributed by atoms with Gasteiger partial charge in [-0.25, -0.2) is 4.39 Å². The molecule has 3 aromatic rings. The number of hydrogen-bond donors (Lipinski definition) is 2. The normalized spacial score (nSPS) is 12.6. The third-order valence-electron chi connectivity index (χ3n) is 6.25. The minimum Gasteiger partial charge on any atom is -0.368 e. The first kappa shape index (κ1) is 25.4. The van der Waals surface area contributed by atoms with Gasteiger partial charge in [-0.15, -0.1) is 0 Å². The predicted octanol–water partition coefficient (Wildman–Crippen LogP) is 6.23. The fourth-order valence-electron chi connectivity index (χ4n) is 4.56. The Morgan fingerprint density at radius 2 is 1.70 bits per heavy atom. The van der Waals surface area contributed by atoms with E-state index in [0.29, 0.717) is 10.6 Å². The zero-order valence-corrected chi connectivity index (χ0v) is 20.1. The molecule has 1 aromatic heterocycles. The Morgan fingerprint density at radius 1 is 1.03 bits per heavy atom. The second-order valence-corrected chi connectivity index (χ2v) is 9.47. The summed E-state index contributed by atoms with van der Waals surface area (Å²) in [6.07, 6.45) is 4.86. The molecule has 0 aliphatic rings. The lowest BCUT2D eigenvalue weighted by Crippen LogP contribution is -2.15. The smallest absolute Gasteiger partial charge is 0.165 e. The Labute approximate surface area is 200 Å². The molecule has 6 heteroatoms. The average molecular weight is 474 g/mol. The predicted molar refractivity (Wildman–Crippen MR) is 131 cm³/mol. The summed E-state index contributed by atoms with van der Waals surface area (Å²) < 4.78 is 15.1. The largest absolute Gasteiger partial charge is 0.368 e. The molecule has 0 fully saturated rings. The molecule has 0 aliphatic carbocycles. The van der Waals surface area contributed by atoms with Gasteiger partial charge in [-0.2, -0.15) is 0 Å². The van der Waals surface area contributed by atoms with Crippen LogP contribution in [0.25, 0.3) is 10.9 Å². The van der Waals surface area contributed by atoms with Crippen molar-refractivity contribution in [2.24, 2.45) is 13.0 Å². The van der Waals surface area contributed by atoms with Gasteiger partial charge in [-0.1, -0.05) is 43.5 Å². The second kappa shape index (κ2) is 11.8. The van der Waals surface area contributed by atoms with Crippen molar-refractivity contribution in [3.05, 3.63) is 70.1 Å². The molecule has 0 bridgehead atoms. The zero-order chi connectivity index (χ0) is 24.0. The Bertz CT molecular complexity index is 1080. The van der Waals surface area contributed by atoms with E-state index >= 15 is 0 Å². The number of halogens is 2. The van der Waals surface area contributed by atoms with Gasteiger partial charge in [-0.05, 0) is 67.5 Å². The van der Waals surface area contributed by atoms with Gasteiger partial charge in [0.05, 0.1) is 0 Å². The van der Waals surface area contributed by atoms with Crippen LogP contribution < -0.4 is 0 Å². The Morgan fingerprint density at radius 3 is 2.36 bits per heavy atom. The lowest BCUT2D eigenvalue weighted by atomic mass is 9.94. The number of unbranched alkanes of at least 4 members (excludes halogenated alkanes) is 3. The molecule has 0 amide bonds. The molecule has 4 nitrogen and oxygen atoms in total. The van der Waals surface area contributed by atoms with Crippen molar-refractivity contribution in [1.82, 2.24) is 4.57 Å². The van der Waals surface area contributed by atoms with Crippen molar-refractivity contribution in [2.45, 2.75) is 64.6 Å². The number of ketones is 1. The number of fused-ring (bicyclic) bond motifs is 1. The minimum absolute atomic E-state index is 0.0160. The van der Waals surface area contributed by atoms with Gasteiger partial charge in [0.15, 0.2) is 12.1 Å². The van der Waals surface area contributed by atoms with Crippen LogP contribution >= 0.6 is 11.6 Å². The van der Waals surface area contributed by atoms with Crippen LogP contribution in [0, 0.1) is 11.7 Å². The maximum Gasteiger partial charge on any atom is 0.165 e. The molecule has 0 saturated heterocycles. The van der Waals surface area contributed by atoms with Crippen LogP contribution in [0.1, 0.15) is 67.1 Å². The number of aliphatic hydroxyl groups excluding tert-OH is 1. The number of aromatic nitrogens is 1. The van der Waals surface area contributed by atoms with Gasteiger partial charge in [0, 0.05) is 47.1 Å². The van der Waals surface area contributed by atoms with E-state index < -0.39 is 6.29 Å². The second-order valence-electron chi connectivity index (χ2n) is 9.03. The van der Waals surface area contributed by atoms with Crippen LogP contribution in [-0.4, -0.2) is 26.9 Å². The topological polar surface area (TPSA) is 62.5 Å². The first-order valence-electron chi connectivity index (χ1n) is 11.7. The maximum atomic E-state index is 13.3. The quantitative estimate of drug-likeness (QED) is 0.186. The van der Waals surface area contributed by atoms with Gasteiger partial charge < -0.3 is 14.8 Å². The van der Waals surface area contributed by atoms with Crippen LogP contribution in [0.3, 0.4) is 0 Å². The molecule has 0 radical (unpaired) electrons. The van der Waals surface area contributed by atoms with Crippen LogP contribution in [0.4, 0.5) is 4.39 Å². The van der Waals surface area contributed by atoms with Crippen molar-refractivity contribution in [3.63, 3.8) is 0 Å². The fraction of sp³-hybridized carbons (Fsp3) is 0.444. The lowest BCUT2D eigenvalue weighted by molar-refractivity contribution is -0.0543. The molecule has 1 atom stereocenters. The number of rotatable bonds is 12. The summed E-state index contributed by atoms with van der Waals surface area (Å²) >= 11 is 6.24. The summed E-state index contributed by atoms with van der Waals surface area (Å²) in [7, 11) is 1.98. The van der Waals surface area contributed by atoms with Gasteiger partial charge in [0.2, 0.25) is 0 Å². The molecule has 2 aromatic carbocycles. The number of Topliss-reactive ketones (excluding diaryl/α,β-unsaturated/α-hetero) is 1. The Balaban J connectivity index is 1.66. The SMILES string of the molecule is C[C@H](CC(=O)c1c(CCCCCCc2ccc(F)cc2)n(C)c2ccc(Cl)cc12)CC(O)O. The fourth-order valence-corrected chi connectivity index (χ4v) is 4.73. The van der Waals surface area contributed by atoms with E-state index in [1.54, 1.807) is 0 Å². The van der Waals surface area contributed by atoms with E-state index in [-0.39, 0.29) is 30.4 Å². The van der Waals surface area contributed by atoms with Crippen LogP contribution in [-0.2, 0) is 19.9 Å². The molecule has 178 valence electrons. The highest BCUT2D eigenvalue weighted by molar-refractivity contribution is 6.31. The minimum atomic E-state index is -1.41. The number of aryl methyl sites for hydroxylation is 2. The summed E-state index contributed by atoms with van der Waals surface area (Å²) in [6, 6.07) is 12.3. The molecule has 0 spiro atoms. The Kier molecular flexibility index (Phi) is 9.07. The highest BCUT2D eigenvalue weighted by Crippen LogP contribution is 2.31. The highest BCUT2D eigenvalue weighted by Gasteiger charge is 2.23. The third-order valence-corrected chi connectivity index (χ3v) is 6.49. The standard InChI is InChI=1S/C27H33ClFNO3/c1-18(16-26(32)33)15-25(31)27-22-17-20(28)11-14-23(22)30(2)24(27)8-6-4-3-5-7-19-9-12-21(29)13-10-19/h9-14,17-18,26,32-33H,3-8,15-16H2,1-2H3/t18-/m1/s1. The molecule has 33 heavy (non-hydrogen) atoms. The number of hydrogen-bond acceptors (Lipinski definition) is 3. The van der Waals surface area contributed by atoms with Crippen LogP contribution in [0.2, 0.25) is 5.02 Å². The maximum absolute atomic E-state index is 13.3. The molecule has 2 N–H and O–H groups in total. The monoisotopic (exact) mass is 473 g/mol. The number of carbonyl (C=O) groups excluding carboxylic acids is 1. The molecular formula is C27H33ClFNO3. The van der Waals surface area contributed by atoms with Crippen molar-refractivity contribution < 1.29 is 19.4 Å². The zero-order valence-electron chi connectivity index (χ0n) is 19.4. The van der Waals surface area contributed by atoms with Gasteiger partial charge in [0.1, 0.15) is 5.82 Å². The van der Waals surface area contributed by atoms with Gasteiger partial charge in [0.25, 0.3) is 0 Å². The number of carbonyl (C=O) groups is 1. The first-order valence-corrected chi connectivity index (χ1v) is 12.0. The summed E-state index contributed by atoms with van der Waals surface area (Å²) in [6.45, 7) is 1.86. The molecule has 3 rings (SSSR count). The van der Waals surface area contributed by atoms with E-state index in [2.05, 4.69) is 4.57 Å². The van der Waals surface area contributed by atoms with E-state index in [1.807, 2.05) is 44.3 Å². The van der Waals surface area contributed by atoms with E-state index in [4.69, 9.17) is 11.6 Å². The number of aliphatic hydroxyl groups is 2. The van der Waals surface area contributed by atoms with Crippen LogP contribution in [0.5, 0.6) is 0 Å². The van der Waals surface area contributed by atoms with Crippen molar-refractivity contribution in [3.8, 4) is 0 Å². The molecule has 1 heterocycles. The van der Waals surface area contributed by atoms with Crippen molar-refractivity contribution >= 4 is 28.3 Å². The van der Waals surface area contributed by atoms with Crippen LogP contribution in [0.15, 0.2) is 42.5 Å². The number of benzene rings is 2. The summed E-state index contributed by atoms with van der Waals surface area (Å²) in [4.78, 5) is 13.3. The molecule has 0 saturated carbocycles. The molecular weight excluding hydrogens is 441 g/mol. The van der Waals surface area contributed by atoms with E-state index in [0.717, 1.165) is 60.7 Å². The Hall–Kier alpha value is -2.21. The first-order chi connectivity index (χ1) is 15.8. The van der Waals surface area contributed by atoms with Crippen molar-refractivity contribution in [1.29, 1.82) is 0 Å².